The summed E-state index contributed by atoms with van der Waals surface area (Å²) in [4.78, 5) is 25.8. The van der Waals surface area contributed by atoms with Crippen molar-refractivity contribution in [3.8, 4) is 0 Å². The highest BCUT2D eigenvalue weighted by Gasteiger charge is 2.27. The van der Waals surface area contributed by atoms with Gasteiger partial charge in [-0.1, -0.05) is 84.9 Å². The van der Waals surface area contributed by atoms with E-state index in [1.165, 1.54) is 16.9 Å². The molecule has 4 aromatic rings. The van der Waals surface area contributed by atoms with E-state index in [1.807, 2.05) is 79.7 Å². The zero-order valence-corrected chi connectivity index (χ0v) is 21.3. The molecule has 0 saturated carbocycles. The molecular weight excluding hydrogens is 462 g/mol. The molecule has 1 aromatic heterocycles. The predicted molar refractivity (Wildman–Crippen MR) is 151 cm³/mol. The van der Waals surface area contributed by atoms with Crippen LogP contribution in [0, 0.1) is 13.8 Å². The van der Waals surface area contributed by atoms with E-state index in [-0.39, 0.29) is 17.6 Å². The summed E-state index contributed by atoms with van der Waals surface area (Å²) in [5.74, 6) is 0.143. The van der Waals surface area contributed by atoms with Gasteiger partial charge in [0.1, 0.15) is 0 Å². The Morgan fingerprint density at radius 1 is 0.917 bits per heavy atom. The summed E-state index contributed by atoms with van der Waals surface area (Å²) in [6.45, 7) is 7.98. The van der Waals surface area contributed by atoms with Gasteiger partial charge in [0.25, 0.3) is 0 Å². The van der Waals surface area contributed by atoms with Crippen molar-refractivity contribution in [3.63, 3.8) is 0 Å². The number of allylic oxidation sites excluding steroid dienone is 1. The molecule has 0 saturated heterocycles. The molecule has 1 N–H and O–H groups in total. The standard InChI is InChI=1S/C18H17NO.C14H12OS/c1-12-7-9-14(10-8-12)19-17-11-13(2)18(20)16-6-4-3-5-15(16)17;1-11-7-10-14(16-11)13(15)9-8-12-5-3-2-4-6-12/h3-10,17,19H,2,11H2,1H3;2-10H,1H3/b;9-8+. The third-order valence-electron chi connectivity index (χ3n) is 5.95. The summed E-state index contributed by atoms with van der Waals surface area (Å²) in [5, 5.41) is 3.50. The predicted octanol–water partition coefficient (Wildman–Crippen LogP) is 8.24. The number of fused-ring (bicyclic) bond motifs is 1. The third-order valence-corrected chi connectivity index (χ3v) is 6.97. The number of hydrogen-bond acceptors (Lipinski definition) is 4. The molecule has 1 heterocycles. The van der Waals surface area contributed by atoms with Gasteiger partial charge in [0, 0.05) is 22.5 Å². The summed E-state index contributed by atoms with van der Waals surface area (Å²) < 4.78 is 0. The number of hydrogen-bond donors (Lipinski definition) is 1. The van der Waals surface area contributed by atoms with E-state index < -0.39 is 0 Å². The van der Waals surface area contributed by atoms with Crippen molar-refractivity contribution in [2.24, 2.45) is 0 Å². The van der Waals surface area contributed by atoms with Gasteiger partial charge in [-0.3, -0.25) is 9.59 Å². The number of Topliss-reactive ketones (excluding diaryl/α,β-unsaturated/α-hetero) is 1. The van der Waals surface area contributed by atoms with Crippen LogP contribution in [0.5, 0.6) is 0 Å². The summed E-state index contributed by atoms with van der Waals surface area (Å²) in [6, 6.07) is 29.8. The molecule has 1 aliphatic carbocycles. The molecule has 36 heavy (non-hydrogen) atoms. The third kappa shape index (κ3) is 6.35. The van der Waals surface area contributed by atoms with Gasteiger partial charge in [-0.2, -0.15) is 0 Å². The quantitative estimate of drug-likeness (QED) is 0.226. The maximum Gasteiger partial charge on any atom is 0.195 e. The smallest absolute Gasteiger partial charge is 0.195 e. The molecule has 1 atom stereocenters. The van der Waals surface area contributed by atoms with Crippen LogP contribution in [0.15, 0.2) is 109 Å². The van der Waals surface area contributed by atoms with Crippen molar-refractivity contribution in [2.45, 2.75) is 26.3 Å². The lowest BCUT2D eigenvalue weighted by molar-refractivity contribution is 0.102. The van der Waals surface area contributed by atoms with E-state index in [0.717, 1.165) is 32.1 Å². The molecule has 0 spiro atoms. The fourth-order valence-electron chi connectivity index (χ4n) is 4.01. The van der Waals surface area contributed by atoms with Crippen LogP contribution in [-0.4, -0.2) is 11.6 Å². The molecule has 0 fully saturated rings. The first-order valence-electron chi connectivity index (χ1n) is 11.9. The number of ketones is 2. The van der Waals surface area contributed by atoms with Gasteiger partial charge in [-0.05, 0) is 60.9 Å². The van der Waals surface area contributed by atoms with Crippen molar-refractivity contribution < 1.29 is 9.59 Å². The zero-order chi connectivity index (χ0) is 25.5. The van der Waals surface area contributed by atoms with Gasteiger partial charge in [0.15, 0.2) is 11.6 Å². The molecule has 0 amide bonds. The van der Waals surface area contributed by atoms with Crippen LogP contribution in [0.3, 0.4) is 0 Å². The average Bonchev–Trinajstić information content (AvgIpc) is 3.34. The summed E-state index contributed by atoms with van der Waals surface area (Å²) in [6.07, 6.45) is 4.13. The molecule has 5 rings (SSSR count). The molecule has 0 radical (unpaired) electrons. The molecule has 0 aliphatic heterocycles. The Kier molecular flexibility index (Phi) is 8.09. The summed E-state index contributed by atoms with van der Waals surface area (Å²) in [5.41, 5.74) is 5.85. The van der Waals surface area contributed by atoms with Crippen molar-refractivity contribution in [3.05, 3.63) is 141 Å². The second kappa shape index (κ2) is 11.6. The maximum absolute atomic E-state index is 12.1. The minimum absolute atomic E-state index is 0.0713. The summed E-state index contributed by atoms with van der Waals surface area (Å²) >= 11 is 1.53. The molecule has 0 bridgehead atoms. The molecule has 3 aromatic carbocycles. The van der Waals surface area contributed by atoms with Crippen molar-refractivity contribution in [1.29, 1.82) is 0 Å². The number of carbonyl (C=O) groups excluding carboxylic acids is 2. The van der Waals surface area contributed by atoms with Crippen LogP contribution in [0.2, 0.25) is 0 Å². The second-order valence-electron chi connectivity index (χ2n) is 8.81. The number of aryl methyl sites for hydroxylation is 2. The zero-order valence-electron chi connectivity index (χ0n) is 20.5. The van der Waals surface area contributed by atoms with Crippen LogP contribution in [0.25, 0.3) is 6.08 Å². The van der Waals surface area contributed by atoms with Gasteiger partial charge >= 0.3 is 0 Å². The first kappa shape index (κ1) is 25.1. The topological polar surface area (TPSA) is 46.2 Å². The fourth-order valence-corrected chi connectivity index (χ4v) is 4.80. The minimum Gasteiger partial charge on any atom is -0.378 e. The number of anilines is 1. The Hall–Kier alpha value is -4.02. The van der Waals surface area contributed by atoms with Crippen molar-refractivity contribution in [1.82, 2.24) is 0 Å². The average molecular weight is 492 g/mol. The van der Waals surface area contributed by atoms with Gasteiger partial charge in [-0.15, -0.1) is 11.3 Å². The Balaban J connectivity index is 0.000000174. The Morgan fingerprint density at radius 2 is 1.61 bits per heavy atom. The molecule has 180 valence electrons. The monoisotopic (exact) mass is 491 g/mol. The highest BCUT2D eigenvalue weighted by molar-refractivity contribution is 7.14. The Bertz CT molecular complexity index is 1400. The second-order valence-corrected chi connectivity index (χ2v) is 10.1. The minimum atomic E-state index is 0.0713. The van der Waals surface area contributed by atoms with E-state index >= 15 is 0 Å². The lowest BCUT2D eigenvalue weighted by Crippen LogP contribution is -2.22. The van der Waals surface area contributed by atoms with Gasteiger partial charge < -0.3 is 5.32 Å². The van der Waals surface area contributed by atoms with E-state index in [9.17, 15) is 9.59 Å². The van der Waals surface area contributed by atoms with Crippen molar-refractivity contribution in [2.75, 3.05) is 5.32 Å². The Labute approximate surface area is 216 Å². The van der Waals surface area contributed by atoms with E-state index in [0.29, 0.717) is 12.0 Å². The molecule has 4 heteroatoms. The number of carbonyl (C=O) groups is 2. The van der Waals surface area contributed by atoms with Crippen LogP contribution < -0.4 is 5.32 Å². The molecular formula is C32H29NO2S. The van der Waals surface area contributed by atoms with E-state index in [2.05, 4.69) is 43.1 Å². The van der Waals surface area contributed by atoms with Gasteiger partial charge in [-0.25, -0.2) is 0 Å². The Morgan fingerprint density at radius 3 is 2.31 bits per heavy atom. The number of nitrogens with one attached hydrogen (secondary N) is 1. The van der Waals surface area contributed by atoms with Gasteiger partial charge in [0.05, 0.1) is 10.9 Å². The number of benzene rings is 3. The van der Waals surface area contributed by atoms with Crippen LogP contribution >= 0.6 is 11.3 Å². The van der Waals surface area contributed by atoms with Crippen molar-refractivity contribution >= 4 is 34.7 Å². The lowest BCUT2D eigenvalue weighted by atomic mass is 9.84. The highest BCUT2D eigenvalue weighted by Crippen LogP contribution is 2.34. The van der Waals surface area contributed by atoms with E-state index in [1.54, 1.807) is 6.08 Å². The lowest BCUT2D eigenvalue weighted by Gasteiger charge is -2.27. The fraction of sp³-hybridized carbons (Fsp3) is 0.125. The highest BCUT2D eigenvalue weighted by atomic mass is 32.1. The largest absolute Gasteiger partial charge is 0.378 e. The SMILES string of the molecule is C=C1CC(Nc2ccc(C)cc2)c2ccccc2C1=O.Cc1ccc(C(=O)/C=C/c2ccccc2)s1. The number of rotatable bonds is 5. The molecule has 1 aliphatic rings. The van der Waals surface area contributed by atoms with Crippen LogP contribution in [0.1, 0.15) is 54.1 Å². The maximum atomic E-state index is 12.1. The first-order chi connectivity index (χ1) is 17.4. The molecule has 3 nitrogen and oxygen atoms in total. The van der Waals surface area contributed by atoms with Gasteiger partial charge in [0.2, 0.25) is 0 Å². The van der Waals surface area contributed by atoms with Crippen LogP contribution in [-0.2, 0) is 0 Å². The number of thiophene rings is 1. The molecule has 1 unspecified atom stereocenters. The first-order valence-corrected chi connectivity index (χ1v) is 12.7. The van der Waals surface area contributed by atoms with Crippen LogP contribution in [0.4, 0.5) is 5.69 Å². The summed E-state index contributed by atoms with van der Waals surface area (Å²) in [7, 11) is 0. The van der Waals surface area contributed by atoms with E-state index in [4.69, 9.17) is 0 Å². The normalized spacial score (nSPS) is 14.7.